The normalized spacial score (nSPS) is 15.3. The standard InChI is InChI=1S/C20H22ClN3/c21-17-8-6-16(7-9-17)20(24-11-3-1-2-4-12-24)14-15-5-10-18(22)19(23)13-15/h3-13,20H,1-2,14,22-23H2. The predicted octanol–water partition coefficient (Wildman–Crippen LogP) is 4.91. The Labute approximate surface area is 148 Å². The van der Waals surface area contributed by atoms with Crippen LogP contribution in [0.1, 0.15) is 30.0 Å². The van der Waals surface area contributed by atoms with E-state index in [1.165, 1.54) is 5.56 Å². The number of nitrogens with two attached hydrogens (primary N) is 2. The summed E-state index contributed by atoms with van der Waals surface area (Å²) in [6.07, 6.45) is 11.7. The Morgan fingerprint density at radius 2 is 1.58 bits per heavy atom. The van der Waals surface area contributed by atoms with Crippen molar-refractivity contribution >= 4 is 23.0 Å². The molecule has 3 rings (SSSR count). The molecular formula is C20H22ClN3. The predicted molar refractivity (Wildman–Crippen MR) is 103 cm³/mol. The number of nitrogen functional groups attached to an aromatic ring is 2. The van der Waals surface area contributed by atoms with Crippen LogP contribution in [0, 0.1) is 0 Å². The molecule has 0 bridgehead atoms. The van der Waals surface area contributed by atoms with Gasteiger partial charge in [-0.3, -0.25) is 0 Å². The van der Waals surface area contributed by atoms with Crippen molar-refractivity contribution in [3.05, 3.63) is 83.2 Å². The molecular weight excluding hydrogens is 318 g/mol. The first-order chi connectivity index (χ1) is 11.6. The zero-order valence-corrected chi connectivity index (χ0v) is 14.3. The zero-order valence-electron chi connectivity index (χ0n) is 13.5. The van der Waals surface area contributed by atoms with Crippen LogP contribution in [0.4, 0.5) is 11.4 Å². The molecule has 0 saturated carbocycles. The molecule has 1 aliphatic heterocycles. The average Bonchev–Trinajstić information content (AvgIpc) is 2.86. The van der Waals surface area contributed by atoms with Crippen LogP contribution in [0.15, 0.2) is 67.0 Å². The smallest absolute Gasteiger partial charge is 0.0620 e. The third kappa shape index (κ3) is 3.92. The van der Waals surface area contributed by atoms with Crippen molar-refractivity contribution in [2.24, 2.45) is 0 Å². The first-order valence-electron chi connectivity index (χ1n) is 8.13. The Hall–Kier alpha value is -2.39. The van der Waals surface area contributed by atoms with E-state index >= 15 is 0 Å². The van der Waals surface area contributed by atoms with Crippen LogP contribution in [-0.2, 0) is 6.42 Å². The fourth-order valence-electron chi connectivity index (χ4n) is 2.90. The highest BCUT2D eigenvalue weighted by molar-refractivity contribution is 6.30. The summed E-state index contributed by atoms with van der Waals surface area (Å²) in [6, 6.07) is 14.1. The molecule has 4 N–H and O–H groups in total. The summed E-state index contributed by atoms with van der Waals surface area (Å²) in [7, 11) is 0. The van der Waals surface area contributed by atoms with Gasteiger partial charge in [0.25, 0.3) is 0 Å². The molecule has 1 unspecified atom stereocenters. The summed E-state index contributed by atoms with van der Waals surface area (Å²) in [6.45, 7) is 0. The summed E-state index contributed by atoms with van der Waals surface area (Å²) in [5, 5.41) is 0.746. The lowest BCUT2D eigenvalue weighted by Crippen LogP contribution is -2.20. The molecule has 124 valence electrons. The van der Waals surface area contributed by atoms with Gasteiger partial charge in [0.15, 0.2) is 0 Å². The van der Waals surface area contributed by atoms with Crippen LogP contribution in [0.25, 0.3) is 0 Å². The third-order valence-electron chi connectivity index (χ3n) is 4.25. The number of benzene rings is 2. The van der Waals surface area contributed by atoms with E-state index in [1.807, 2.05) is 30.3 Å². The second-order valence-corrected chi connectivity index (χ2v) is 6.47. The Bertz CT molecular complexity index is 736. The van der Waals surface area contributed by atoms with E-state index < -0.39 is 0 Å². The number of nitrogens with zero attached hydrogens (tertiary/aromatic N) is 1. The molecule has 0 aromatic heterocycles. The van der Waals surface area contributed by atoms with Gasteiger partial charge in [-0.15, -0.1) is 0 Å². The summed E-state index contributed by atoms with van der Waals surface area (Å²) in [5.74, 6) is 0. The second kappa shape index (κ2) is 7.45. The van der Waals surface area contributed by atoms with Crippen LogP contribution in [0.3, 0.4) is 0 Å². The highest BCUT2D eigenvalue weighted by Gasteiger charge is 2.18. The lowest BCUT2D eigenvalue weighted by Gasteiger charge is -2.28. The van der Waals surface area contributed by atoms with Crippen molar-refractivity contribution in [2.45, 2.75) is 25.3 Å². The molecule has 1 aliphatic rings. The maximum atomic E-state index is 6.05. The number of allylic oxidation sites excluding steroid dienone is 2. The molecule has 0 spiro atoms. The van der Waals surface area contributed by atoms with Gasteiger partial charge in [0, 0.05) is 17.4 Å². The molecule has 24 heavy (non-hydrogen) atoms. The van der Waals surface area contributed by atoms with E-state index in [4.69, 9.17) is 23.1 Å². The molecule has 3 nitrogen and oxygen atoms in total. The van der Waals surface area contributed by atoms with Crippen molar-refractivity contribution in [3.63, 3.8) is 0 Å². The quantitative estimate of drug-likeness (QED) is 0.778. The maximum absolute atomic E-state index is 6.05. The molecule has 2 aromatic rings. The van der Waals surface area contributed by atoms with E-state index in [1.54, 1.807) is 0 Å². The summed E-state index contributed by atoms with van der Waals surface area (Å²) < 4.78 is 0. The van der Waals surface area contributed by atoms with Gasteiger partial charge >= 0.3 is 0 Å². The topological polar surface area (TPSA) is 55.3 Å². The molecule has 1 atom stereocenters. The van der Waals surface area contributed by atoms with Gasteiger partial charge in [0.05, 0.1) is 17.4 Å². The number of hydrogen-bond acceptors (Lipinski definition) is 3. The zero-order chi connectivity index (χ0) is 16.9. The molecule has 0 radical (unpaired) electrons. The van der Waals surface area contributed by atoms with Crippen molar-refractivity contribution in [1.29, 1.82) is 0 Å². The third-order valence-corrected chi connectivity index (χ3v) is 4.50. The van der Waals surface area contributed by atoms with E-state index in [-0.39, 0.29) is 6.04 Å². The van der Waals surface area contributed by atoms with Gasteiger partial charge in [0.1, 0.15) is 0 Å². The number of halogens is 1. The van der Waals surface area contributed by atoms with E-state index in [0.29, 0.717) is 11.4 Å². The maximum Gasteiger partial charge on any atom is 0.0620 e. The highest BCUT2D eigenvalue weighted by Crippen LogP contribution is 2.29. The van der Waals surface area contributed by atoms with Crippen LogP contribution in [0.5, 0.6) is 0 Å². The fraction of sp³-hybridized carbons (Fsp3) is 0.200. The minimum absolute atomic E-state index is 0.177. The van der Waals surface area contributed by atoms with Gasteiger partial charge in [-0.05, 0) is 54.7 Å². The lowest BCUT2D eigenvalue weighted by molar-refractivity contribution is 0.372. The van der Waals surface area contributed by atoms with Crippen LogP contribution in [0.2, 0.25) is 5.02 Å². The van der Waals surface area contributed by atoms with Crippen molar-refractivity contribution in [3.8, 4) is 0 Å². The summed E-state index contributed by atoms with van der Waals surface area (Å²) in [4.78, 5) is 2.25. The number of rotatable bonds is 4. The molecule has 0 aliphatic carbocycles. The van der Waals surface area contributed by atoms with Crippen LogP contribution >= 0.6 is 11.6 Å². The van der Waals surface area contributed by atoms with Crippen molar-refractivity contribution < 1.29 is 0 Å². The van der Waals surface area contributed by atoms with Gasteiger partial charge in [-0.1, -0.05) is 42.0 Å². The SMILES string of the molecule is Nc1ccc(CC(c2ccc(Cl)cc2)N2C=CCCC=C2)cc1N. The van der Waals surface area contributed by atoms with Gasteiger partial charge < -0.3 is 16.4 Å². The Kier molecular flexibility index (Phi) is 5.11. The first kappa shape index (κ1) is 16.5. The Morgan fingerprint density at radius 3 is 2.21 bits per heavy atom. The minimum Gasteiger partial charge on any atom is -0.397 e. The van der Waals surface area contributed by atoms with Gasteiger partial charge in [-0.2, -0.15) is 0 Å². The minimum atomic E-state index is 0.177. The molecule has 2 aromatic carbocycles. The van der Waals surface area contributed by atoms with E-state index in [0.717, 1.165) is 29.8 Å². The largest absolute Gasteiger partial charge is 0.397 e. The average molecular weight is 340 g/mol. The fourth-order valence-corrected chi connectivity index (χ4v) is 3.02. The molecule has 0 amide bonds. The first-order valence-corrected chi connectivity index (χ1v) is 8.51. The van der Waals surface area contributed by atoms with Crippen molar-refractivity contribution in [2.75, 3.05) is 11.5 Å². The Balaban J connectivity index is 1.94. The second-order valence-electron chi connectivity index (χ2n) is 6.03. The van der Waals surface area contributed by atoms with E-state index in [9.17, 15) is 0 Å². The summed E-state index contributed by atoms with van der Waals surface area (Å²) >= 11 is 6.05. The van der Waals surface area contributed by atoms with Crippen LogP contribution < -0.4 is 11.5 Å². The van der Waals surface area contributed by atoms with Gasteiger partial charge in [-0.25, -0.2) is 0 Å². The van der Waals surface area contributed by atoms with Crippen LogP contribution in [-0.4, -0.2) is 4.90 Å². The van der Waals surface area contributed by atoms with Gasteiger partial charge in [0.2, 0.25) is 0 Å². The lowest BCUT2D eigenvalue weighted by atomic mass is 9.97. The van der Waals surface area contributed by atoms with E-state index in [2.05, 4.69) is 41.6 Å². The molecule has 4 heteroatoms. The number of anilines is 2. The number of hydrogen-bond donors (Lipinski definition) is 2. The molecule has 0 fully saturated rings. The Morgan fingerprint density at radius 1 is 0.917 bits per heavy atom. The van der Waals surface area contributed by atoms with Crippen molar-refractivity contribution in [1.82, 2.24) is 4.90 Å². The molecule has 1 heterocycles. The summed E-state index contributed by atoms with van der Waals surface area (Å²) in [5.41, 5.74) is 15.4. The monoisotopic (exact) mass is 339 g/mol. The highest BCUT2D eigenvalue weighted by atomic mass is 35.5. The molecule has 0 saturated heterocycles.